The number of nitrogens with one attached hydrogen (secondary N) is 1. The van der Waals surface area contributed by atoms with Crippen molar-refractivity contribution in [1.82, 2.24) is 5.32 Å². The van der Waals surface area contributed by atoms with Crippen LogP contribution in [0.15, 0.2) is 0 Å². The number of hydrogen-bond donors (Lipinski definition) is 2. The zero-order valence-electron chi connectivity index (χ0n) is 7.45. The van der Waals surface area contributed by atoms with E-state index < -0.39 is 23.9 Å². The van der Waals surface area contributed by atoms with Crippen molar-refractivity contribution in [3.63, 3.8) is 0 Å². The molecular formula is C7H10BrNO5. The van der Waals surface area contributed by atoms with Gasteiger partial charge in [0.1, 0.15) is 6.04 Å². The maximum atomic E-state index is 11.0. The standard InChI is InChI=1S/C7H10BrNO5/c1-4(10)9-5(7(13)14-8)2-3-6(11)12/h5H,2-3H2,1H3,(H,9,10)(H,11,12). The van der Waals surface area contributed by atoms with Gasteiger partial charge in [0.25, 0.3) is 0 Å². The lowest BCUT2D eigenvalue weighted by Crippen LogP contribution is -2.40. The van der Waals surface area contributed by atoms with Gasteiger partial charge in [-0.2, -0.15) is 0 Å². The summed E-state index contributed by atoms with van der Waals surface area (Å²) in [5.74, 6) is -2.18. The molecule has 0 radical (unpaired) electrons. The molecule has 0 aliphatic heterocycles. The van der Waals surface area contributed by atoms with Crippen LogP contribution in [-0.2, 0) is 18.2 Å². The lowest BCUT2D eigenvalue weighted by Gasteiger charge is -2.12. The summed E-state index contributed by atoms with van der Waals surface area (Å²) in [6.07, 6.45) is -0.216. The predicted molar refractivity (Wildman–Crippen MR) is 49.5 cm³/mol. The van der Waals surface area contributed by atoms with Gasteiger partial charge in [-0.25, -0.2) is 4.79 Å². The van der Waals surface area contributed by atoms with Gasteiger partial charge in [0.2, 0.25) is 5.91 Å². The van der Waals surface area contributed by atoms with Crippen LogP contribution >= 0.6 is 16.3 Å². The van der Waals surface area contributed by atoms with E-state index in [0.717, 1.165) is 0 Å². The Balaban J connectivity index is 4.17. The molecule has 1 amide bonds. The van der Waals surface area contributed by atoms with Crippen LogP contribution in [0.5, 0.6) is 0 Å². The van der Waals surface area contributed by atoms with Crippen molar-refractivity contribution in [1.29, 1.82) is 0 Å². The topological polar surface area (TPSA) is 92.7 Å². The van der Waals surface area contributed by atoms with Crippen LogP contribution in [0.2, 0.25) is 0 Å². The summed E-state index contributed by atoms with van der Waals surface area (Å²) in [6, 6.07) is -0.928. The Hall–Kier alpha value is -1.11. The Morgan fingerprint density at radius 1 is 1.50 bits per heavy atom. The highest BCUT2D eigenvalue weighted by atomic mass is 79.9. The molecule has 1 atom stereocenters. The van der Waals surface area contributed by atoms with Crippen LogP contribution < -0.4 is 5.32 Å². The third-order valence-corrected chi connectivity index (χ3v) is 1.70. The van der Waals surface area contributed by atoms with Crippen molar-refractivity contribution < 1.29 is 23.3 Å². The van der Waals surface area contributed by atoms with Gasteiger partial charge in [-0.15, -0.1) is 0 Å². The van der Waals surface area contributed by atoms with Crippen LogP contribution in [0.1, 0.15) is 19.8 Å². The van der Waals surface area contributed by atoms with Crippen LogP contribution in [-0.4, -0.2) is 29.0 Å². The lowest BCUT2D eigenvalue weighted by atomic mass is 10.1. The molecule has 7 heteroatoms. The van der Waals surface area contributed by atoms with E-state index in [4.69, 9.17) is 5.11 Å². The number of carbonyl (C=O) groups excluding carboxylic acids is 2. The maximum absolute atomic E-state index is 11.0. The molecule has 0 aliphatic rings. The highest BCUT2D eigenvalue weighted by molar-refractivity contribution is 9.06. The molecule has 6 nitrogen and oxygen atoms in total. The molecule has 0 aromatic heterocycles. The highest BCUT2D eigenvalue weighted by Crippen LogP contribution is 2.02. The number of carboxylic acids is 1. The van der Waals surface area contributed by atoms with Crippen LogP contribution in [0.3, 0.4) is 0 Å². The van der Waals surface area contributed by atoms with Crippen LogP contribution in [0, 0.1) is 0 Å². The quantitative estimate of drug-likeness (QED) is 0.743. The Kier molecular flexibility index (Phi) is 5.86. The summed E-state index contributed by atoms with van der Waals surface area (Å²) in [4.78, 5) is 31.8. The molecule has 0 bridgehead atoms. The van der Waals surface area contributed by atoms with Crippen molar-refractivity contribution in [2.45, 2.75) is 25.8 Å². The molecule has 2 N–H and O–H groups in total. The molecule has 0 aromatic carbocycles. The van der Waals surface area contributed by atoms with E-state index in [1.807, 2.05) is 0 Å². The number of carboxylic acid groups (broad SMARTS) is 1. The van der Waals surface area contributed by atoms with E-state index >= 15 is 0 Å². The molecule has 0 heterocycles. The summed E-state index contributed by atoms with van der Waals surface area (Å²) in [7, 11) is 0. The molecule has 14 heavy (non-hydrogen) atoms. The minimum atomic E-state index is -1.04. The zero-order valence-corrected chi connectivity index (χ0v) is 9.04. The van der Waals surface area contributed by atoms with Crippen molar-refractivity contribution in [3.8, 4) is 0 Å². The number of halogens is 1. The van der Waals surface area contributed by atoms with Crippen molar-refractivity contribution in [3.05, 3.63) is 0 Å². The van der Waals surface area contributed by atoms with Gasteiger partial charge < -0.3 is 14.3 Å². The summed E-state index contributed by atoms with van der Waals surface area (Å²) >= 11 is 2.46. The maximum Gasteiger partial charge on any atom is 0.340 e. The fraction of sp³-hybridized carbons (Fsp3) is 0.571. The number of amides is 1. The van der Waals surface area contributed by atoms with E-state index in [-0.39, 0.29) is 12.8 Å². The van der Waals surface area contributed by atoms with Crippen molar-refractivity contribution in [2.75, 3.05) is 0 Å². The van der Waals surface area contributed by atoms with Gasteiger partial charge in [0.15, 0.2) is 16.3 Å². The average Bonchev–Trinajstić information content (AvgIpc) is 2.10. The Bertz CT molecular complexity index is 242. The molecule has 0 fully saturated rings. The van der Waals surface area contributed by atoms with Crippen LogP contribution in [0.4, 0.5) is 0 Å². The second-order valence-corrected chi connectivity index (χ2v) is 2.91. The summed E-state index contributed by atoms with van der Waals surface area (Å²) in [6.45, 7) is 1.23. The molecule has 0 saturated heterocycles. The first-order chi connectivity index (χ1) is 6.47. The Morgan fingerprint density at radius 2 is 2.07 bits per heavy atom. The molecule has 0 spiro atoms. The number of rotatable bonds is 5. The lowest BCUT2D eigenvalue weighted by molar-refractivity contribution is -0.139. The summed E-state index contributed by atoms with van der Waals surface area (Å²) in [5, 5.41) is 10.7. The minimum absolute atomic E-state index is 0.000648. The van der Waals surface area contributed by atoms with Crippen LogP contribution in [0.25, 0.3) is 0 Å². The fourth-order valence-electron chi connectivity index (χ4n) is 0.816. The number of hydrogen-bond acceptors (Lipinski definition) is 4. The van der Waals surface area contributed by atoms with E-state index in [0.29, 0.717) is 0 Å². The molecule has 0 aliphatic carbocycles. The third-order valence-electron chi connectivity index (χ3n) is 1.38. The van der Waals surface area contributed by atoms with Gasteiger partial charge in [-0.1, -0.05) is 0 Å². The van der Waals surface area contributed by atoms with Gasteiger partial charge in [-0.3, -0.25) is 9.59 Å². The van der Waals surface area contributed by atoms with Crippen molar-refractivity contribution in [2.24, 2.45) is 0 Å². The zero-order chi connectivity index (χ0) is 11.1. The smallest absolute Gasteiger partial charge is 0.340 e. The molecule has 0 saturated carbocycles. The number of aliphatic carboxylic acids is 1. The van der Waals surface area contributed by atoms with Gasteiger partial charge in [0.05, 0.1) is 0 Å². The predicted octanol–water partition coefficient (Wildman–Crippen LogP) is 0.209. The van der Waals surface area contributed by atoms with Gasteiger partial charge >= 0.3 is 11.9 Å². The Labute approximate surface area is 89.1 Å². The van der Waals surface area contributed by atoms with E-state index in [2.05, 4.69) is 25.4 Å². The largest absolute Gasteiger partial charge is 0.481 e. The van der Waals surface area contributed by atoms with Gasteiger partial charge in [0, 0.05) is 13.3 Å². The normalized spacial score (nSPS) is 11.6. The van der Waals surface area contributed by atoms with E-state index in [9.17, 15) is 14.4 Å². The average molecular weight is 268 g/mol. The van der Waals surface area contributed by atoms with E-state index in [1.54, 1.807) is 0 Å². The molecule has 0 rings (SSSR count). The molecule has 0 aromatic rings. The molecule has 1 unspecified atom stereocenters. The fourth-order valence-corrected chi connectivity index (χ4v) is 1.04. The Morgan fingerprint density at radius 3 is 2.43 bits per heavy atom. The molecule has 80 valence electrons. The third kappa shape index (κ3) is 5.52. The highest BCUT2D eigenvalue weighted by Gasteiger charge is 2.21. The van der Waals surface area contributed by atoms with Gasteiger partial charge in [-0.05, 0) is 6.42 Å². The van der Waals surface area contributed by atoms with Crippen molar-refractivity contribution >= 4 is 34.1 Å². The number of carbonyl (C=O) groups is 3. The monoisotopic (exact) mass is 267 g/mol. The second kappa shape index (κ2) is 6.36. The first-order valence-electron chi connectivity index (χ1n) is 3.78. The SMILES string of the molecule is CC(=O)NC(CCC(=O)O)C(=O)OBr. The summed E-state index contributed by atoms with van der Waals surface area (Å²) < 4.78 is 4.21. The summed E-state index contributed by atoms with van der Waals surface area (Å²) in [5.41, 5.74) is 0. The van der Waals surface area contributed by atoms with E-state index in [1.165, 1.54) is 6.92 Å². The first-order valence-corrected chi connectivity index (χ1v) is 4.43. The second-order valence-electron chi connectivity index (χ2n) is 2.58. The minimum Gasteiger partial charge on any atom is -0.481 e. The molecular weight excluding hydrogens is 258 g/mol. The first kappa shape index (κ1) is 12.9.